The third kappa shape index (κ3) is 5.05. The van der Waals surface area contributed by atoms with Crippen LogP contribution in [0.25, 0.3) is 0 Å². The molecule has 1 aromatic heterocycles. The minimum Gasteiger partial charge on any atom is -0.345 e. The number of carbonyl (C=O) groups is 1. The molecular weight excluding hydrogens is 285 g/mol. The molecule has 0 aliphatic heterocycles. The highest BCUT2D eigenvalue weighted by Crippen LogP contribution is 2.18. The van der Waals surface area contributed by atoms with Gasteiger partial charge in [-0.1, -0.05) is 25.4 Å². The molecule has 0 bridgehead atoms. The van der Waals surface area contributed by atoms with Crippen LogP contribution in [0.5, 0.6) is 0 Å². The van der Waals surface area contributed by atoms with Crippen molar-refractivity contribution < 1.29 is 4.79 Å². The van der Waals surface area contributed by atoms with Gasteiger partial charge in [0.05, 0.1) is 10.6 Å². The summed E-state index contributed by atoms with van der Waals surface area (Å²) in [7, 11) is 1.79. The van der Waals surface area contributed by atoms with Crippen LogP contribution in [0.4, 0.5) is 0 Å². The number of nitrogens with zero attached hydrogens (tertiary/aromatic N) is 1. The fourth-order valence-electron chi connectivity index (χ4n) is 2.17. The van der Waals surface area contributed by atoms with E-state index in [0.717, 1.165) is 6.42 Å². The highest BCUT2D eigenvalue weighted by Gasteiger charge is 2.27. The van der Waals surface area contributed by atoms with Gasteiger partial charge in [-0.25, -0.2) is 0 Å². The van der Waals surface area contributed by atoms with Gasteiger partial charge in [-0.3, -0.25) is 4.79 Å². The highest BCUT2D eigenvalue weighted by molar-refractivity contribution is 6.31. The Morgan fingerprint density at radius 2 is 2.16 bits per heavy atom. The predicted molar refractivity (Wildman–Crippen MR) is 82.1 cm³/mol. The SMILES string of the molecule is CC(C)CC(C)(CN)NC(=O)c1cc(Cl)cn1C.Cl. The van der Waals surface area contributed by atoms with E-state index in [-0.39, 0.29) is 23.9 Å². The maximum absolute atomic E-state index is 12.2. The smallest absolute Gasteiger partial charge is 0.268 e. The quantitative estimate of drug-likeness (QED) is 0.878. The number of amides is 1. The van der Waals surface area contributed by atoms with Gasteiger partial charge in [-0.15, -0.1) is 12.4 Å². The minimum atomic E-state index is -0.387. The summed E-state index contributed by atoms with van der Waals surface area (Å²) in [5, 5.41) is 3.56. The van der Waals surface area contributed by atoms with E-state index in [9.17, 15) is 4.79 Å². The zero-order chi connectivity index (χ0) is 13.9. The molecule has 0 aliphatic carbocycles. The maximum atomic E-state index is 12.2. The third-order valence-electron chi connectivity index (χ3n) is 2.93. The Balaban J connectivity index is 0.00000324. The molecule has 1 heterocycles. The Labute approximate surface area is 126 Å². The van der Waals surface area contributed by atoms with E-state index >= 15 is 0 Å². The molecule has 0 saturated heterocycles. The molecule has 19 heavy (non-hydrogen) atoms. The second kappa shape index (κ2) is 7.17. The van der Waals surface area contributed by atoms with Gasteiger partial charge in [0.1, 0.15) is 5.69 Å². The fraction of sp³-hybridized carbons (Fsp3) is 0.615. The van der Waals surface area contributed by atoms with Crippen molar-refractivity contribution in [2.24, 2.45) is 18.7 Å². The largest absolute Gasteiger partial charge is 0.345 e. The lowest BCUT2D eigenvalue weighted by Crippen LogP contribution is -2.52. The molecule has 0 saturated carbocycles. The number of rotatable bonds is 5. The first-order valence-electron chi connectivity index (χ1n) is 6.12. The number of hydrogen-bond donors (Lipinski definition) is 2. The summed E-state index contributed by atoms with van der Waals surface area (Å²) in [5.74, 6) is 0.328. The van der Waals surface area contributed by atoms with Crippen molar-refractivity contribution in [3.63, 3.8) is 0 Å². The van der Waals surface area contributed by atoms with Crippen LogP contribution < -0.4 is 11.1 Å². The van der Waals surface area contributed by atoms with Gasteiger partial charge in [0, 0.05) is 19.8 Å². The molecule has 4 nitrogen and oxygen atoms in total. The van der Waals surface area contributed by atoms with Crippen LogP contribution >= 0.6 is 24.0 Å². The van der Waals surface area contributed by atoms with E-state index < -0.39 is 0 Å². The summed E-state index contributed by atoms with van der Waals surface area (Å²) in [4.78, 5) is 12.2. The van der Waals surface area contributed by atoms with Crippen LogP contribution in [0, 0.1) is 5.92 Å². The van der Waals surface area contributed by atoms with Gasteiger partial charge in [-0.05, 0) is 25.3 Å². The van der Waals surface area contributed by atoms with Crippen molar-refractivity contribution in [1.82, 2.24) is 9.88 Å². The van der Waals surface area contributed by atoms with Gasteiger partial charge >= 0.3 is 0 Å². The number of nitrogens with one attached hydrogen (secondary N) is 1. The topological polar surface area (TPSA) is 60.0 Å². The molecule has 0 aromatic carbocycles. The first kappa shape index (κ1) is 18.3. The molecule has 0 spiro atoms. The van der Waals surface area contributed by atoms with Crippen molar-refractivity contribution in [3.05, 3.63) is 23.0 Å². The Morgan fingerprint density at radius 1 is 1.58 bits per heavy atom. The van der Waals surface area contributed by atoms with E-state index in [1.165, 1.54) is 0 Å². The Morgan fingerprint density at radius 3 is 2.53 bits per heavy atom. The molecule has 0 aliphatic rings. The van der Waals surface area contributed by atoms with Gasteiger partial charge in [0.25, 0.3) is 5.91 Å². The van der Waals surface area contributed by atoms with Gasteiger partial charge in [-0.2, -0.15) is 0 Å². The van der Waals surface area contributed by atoms with Crippen LogP contribution in [0.15, 0.2) is 12.3 Å². The average Bonchev–Trinajstić information content (AvgIpc) is 2.56. The molecule has 1 atom stereocenters. The van der Waals surface area contributed by atoms with Crippen molar-refractivity contribution in [1.29, 1.82) is 0 Å². The number of hydrogen-bond acceptors (Lipinski definition) is 2. The number of aromatic nitrogens is 1. The summed E-state index contributed by atoms with van der Waals surface area (Å²) in [5.41, 5.74) is 5.94. The van der Waals surface area contributed by atoms with E-state index in [1.807, 2.05) is 6.92 Å². The summed E-state index contributed by atoms with van der Waals surface area (Å²) in [6.45, 7) is 6.60. The number of nitrogens with two attached hydrogens (primary N) is 1. The van der Waals surface area contributed by atoms with Crippen LogP contribution in [-0.4, -0.2) is 22.6 Å². The Kier molecular flexibility index (Phi) is 6.91. The van der Waals surface area contributed by atoms with E-state index in [2.05, 4.69) is 19.2 Å². The average molecular weight is 308 g/mol. The zero-order valence-electron chi connectivity index (χ0n) is 11.9. The van der Waals surface area contributed by atoms with Crippen molar-refractivity contribution in [3.8, 4) is 0 Å². The van der Waals surface area contributed by atoms with Crippen molar-refractivity contribution >= 4 is 29.9 Å². The second-order valence-corrected chi connectivity index (χ2v) is 5.91. The van der Waals surface area contributed by atoms with Gasteiger partial charge in [0.15, 0.2) is 0 Å². The molecule has 1 unspecified atom stereocenters. The predicted octanol–water partition coefficient (Wildman–Crippen LogP) is 2.59. The molecule has 0 fully saturated rings. The molecule has 6 heteroatoms. The van der Waals surface area contributed by atoms with E-state index in [4.69, 9.17) is 17.3 Å². The number of aryl methyl sites for hydroxylation is 1. The lowest BCUT2D eigenvalue weighted by Gasteiger charge is -2.31. The molecule has 1 aromatic rings. The van der Waals surface area contributed by atoms with E-state index in [0.29, 0.717) is 23.2 Å². The monoisotopic (exact) mass is 307 g/mol. The van der Waals surface area contributed by atoms with Crippen LogP contribution in [-0.2, 0) is 7.05 Å². The minimum absolute atomic E-state index is 0. The lowest BCUT2D eigenvalue weighted by atomic mass is 9.90. The molecule has 0 radical (unpaired) electrons. The first-order chi connectivity index (χ1) is 8.27. The fourth-order valence-corrected chi connectivity index (χ4v) is 2.42. The number of halogens is 2. The van der Waals surface area contributed by atoms with Crippen LogP contribution in [0.2, 0.25) is 5.02 Å². The van der Waals surface area contributed by atoms with Crippen molar-refractivity contribution in [2.75, 3.05) is 6.54 Å². The first-order valence-corrected chi connectivity index (χ1v) is 6.49. The van der Waals surface area contributed by atoms with Crippen LogP contribution in [0.3, 0.4) is 0 Å². The molecule has 3 N–H and O–H groups in total. The van der Waals surface area contributed by atoms with Gasteiger partial charge < -0.3 is 15.6 Å². The standard InChI is InChI=1S/C13H22ClN3O.ClH/c1-9(2)6-13(3,8-15)16-12(18)11-5-10(14)7-17(11)4;/h5,7,9H,6,8,15H2,1-4H3,(H,16,18);1H. The highest BCUT2D eigenvalue weighted by atomic mass is 35.5. The molecule has 1 rings (SSSR count). The van der Waals surface area contributed by atoms with E-state index in [1.54, 1.807) is 23.9 Å². The van der Waals surface area contributed by atoms with Crippen molar-refractivity contribution in [2.45, 2.75) is 32.7 Å². The third-order valence-corrected chi connectivity index (χ3v) is 3.14. The van der Waals surface area contributed by atoms with Crippen LogP contribution in [0.1, 0.15) is 37.7 Å². The molecule has 110 valence electrons. The molecular formula is C13H23Cl2N3O. The maximum Gasteiger partial charge on any atom is 0.268 e. The normalized spacial score (nSPS) is 13.8. The number of carbonyl (C=O) groups excluding carboxylic acids is 1. The summed E-state index contributed by atoms with van der Waals surface area (Å²) in [6, 6.07) is 1.66. The Bertz CT molecular complexity index is 432. The molecule has 1 amide bonds. The Hall–Kier alpha value is -0.710. The van der Waals surface area contributed by atoms with Gasteiger partial charge in [0.2, 0.25) is 0 Å². The summed E-state index contributed by atoms with van der Waals surface area (Å²) < 4.78 is 1.71. The lowest BCUT2D eigenvalue weighted by molar-refractivity contribution is 0.0890. The second-order valence-electron chi connectivity index (χ2n) is 5.47. The summed E-state index contributed by atoms with van der Waals surface area (Å²) >= 11 is 5.87. The zero-order valence-corrected chi connectivity index (χ0v) is 13.4. The summed E-state index contributed by atoms with van der Waals surface area (Å²) in [6.07, 6.45) is 2.55.